The van der Waals surface area contributed by atoms with Crippen molar-refractivity contribution in [2.45, 2.75) is 13.5 Å². The lowest BCUT2D eigenvalue weighted by molar-refractivity contribution is -0.384. The van der Waals surface area contributed by atoms with Gasteiger partial charge >= 0.3 is 0 Å². The number of H-pyrrole nitrogens is 1. The minimum atomic E-state index is -0.537. The van der Waals surface area contributed by atoms with E-state index in [1.807, 2.05) is 6.92 Å². The van der Waals surface area contributed by atoms with Gasteiger partial charge in [-0.1, -0.05) is 0 Å². The van der Waals surface area contributed by atoms with Crippen molar-refractivity contribution in [3.63, 3.8) is 0 Å². The number of phenols is 1. The maximum Gasteiger partial charge on any atom is 0.296 e. The molecule has 0 saturated carbocycles. The zero-order valence-electron chi connectivity index (χ0n) is 9.67. The normalized spacial score (nSPS) is 10.3. The number of hydrogen-bond acceptors (Lipinski definition) is 5. The van der Waals surface area contributed by atoms with E-state index in [2.05, 4.69) is 15.5 Å². The summed E-state index contributed by atoms with van der Waals surface area (Å²) in [5.74, 6) is -0.133. The van der Waals surface area contributed by atoms with Gasteiger partial charge in [-0.25, -0.2) is 0 Å². The lowest BCUT2D eigenvalue weighted by Crippen LogP contribution is -2.02. The zero-order chi connectivity index (χ0) is 13.1. The van der Waals surface area contributed by atoms with E-state index in [4.69, 9.17) is 0 Å². The Bertz CT molecular complexity index is 579. The molecule has 0 spiro atoms. The Morgan fingerprint density at radius 1 is 1.56 bits per heavy atom. The number of nitro groups is 1. The molecule has 18 heavy (non-hydrogen) atoms. The Labute approximate surface area is 103 Å². The molecule has 0 unspecified atom stereocenters. The topological polar surface area (TPSA) is 104 Å². The highest BCUT2D eigenvalue weighted by molar-refractivity contribution is 5.63. The van der Waals surface area contributed by atoms with Gasteiger partial charge in [-0.15, -0.1) is 0 Å². The Morgan fingerprint density at radius 2 is 2.33 bits per heavy atom. The summed E-state index contributed by atoms with van der Waals surface area (Å²) < 4.78 is 0. The van der Waals surface area contributed by atoms with E-state index in [0.29, 0.717) is 12.2 Å². The molecular formula is C11H12N4O3. The van der Waals surface area contributed by atoms with E-state index < -0.39 is 4.92 Å². The first kappa shape index (κ1) is 11.9. The van der Waals surface area contributed by atoms with Gasteiger partial charge in [-0.2, -0.15) is 5.10 Å². The molecule has 0 aliphatic rings. The maximum absolute atomic E-state index is 10.8. The molecule has 0 aliphatic heterocycles. The van der Waals surface area contributed by atoms with Crippen molar-refractivity contribution < 1.29 is 10.0 Å². The van der Waals surface area contributed by atoms with Gasteiger partial charge in [0, 0.05) is 17.8 Å². The summed E-state index contributed by atoms with van der Waals surface area (Å²) in [6.07, 6.45) is 1.66. The van der Waals surface area contributed by atoms with Gasteiger partial charge in [-0.05, 0) is 19.1 Å². The number of rotatable bonds is 4. The van der Waals surface area contributed by atoms with Crippen LogP contribution in [0.2, 0.25) is 0 Å². The Hall–Kier alpha value is -2.57. The number of aromatic nitrogens is 2. The second-order valence-corrected chi connectivity index (χ2v) is 3.83. The van der Waals surface area contributed by atoms with Crippen LogP contribution in [0.3, 0.4) is 0 Å². The fraction of sp³-hybridized carbons (Fsp3) is 0.182. The predicted octanol–water partition coefficient (Wildman–Crippen LogP) is 1.94. The number of aromatic amines is 1. The van der Waals surface area contributed by atoms with Crippen molar-refractivity contribution in [3.05, 3.63) is 45.8 Å². The molecule has 7 nitrogen and oxygen atoms in total. The summed E-state index contributed by atoms with van der Waals surface area (Å²) >= 11 is 0. The van der Waals surface area contributed by atoms with Gasteiger partial charge < -0.3 is 10.4 Å². The van der Waals surface area contributed by atoms with Crippen LogP contribution >= 0.6 is 0 Å². The molecule has 0 radical (unpaired) electrons. The standard InChI is InChI=1S/C11H12N4O3/c1-7-8(6-13-14-7)5-12-10-3-2-9(16)4-11(10)15(17)18/h2-4,6,12,16H,5H2,1H3,(H,13,14). The van der Waals surface area contributed by atoms with Crippen LogP contribution in [0.15, 0.2) is 24.4 Å². The van der Waals surface area contributed by atoms with E-state index in [0.717, 1.165) is 17.3 Å². The highest BCUT2D eigenvalue weighted by Gasteiger charge is 2.14. The Kier molecular flexibility index (Phi) is 3.13. The second-order valence-electron chi connectivity index (χ2n) is 3.83. The quantitative estimate of drug-likeness (QED) is 0.435. The average Bonchev–Trinajstić information content (AvgIpc) is 2.73. The fourth-order valence-electron chi connectivity index (χ4n) is 1.56. The number of aromatic hydroxyl groups is 1. The first-order chi connectivity index (χ1) is 8.58. The maximum atomic E-state index is 10.8. The first-order valence-corrected chi connectivity index (χ1v) is 5.28. The number of benzene rings is 1. The molecule has 3 N–H and O–H groups in total. The number of nitrogens with one attached hydrogen (secondary N) is 2. The van der Waals surface area contributed by atoms with Gasteiger partial charge in [0.15, 0.2) is 0 Å². The third-order valence-electron chi connectivity index (χ3n) is 2.58. The second kappa shape index (κ2) is 4.74. The molecule has 1 aromatic heterocycles. The Morgan fingerprint density at radius 3 is 2.94 bits per heavy atom. The minimum absolute atomic E-state index is 0.133. The molecule has 0 bridgehead atoms. The van der Waals surface area contributed by atoms with Crippen LogP contribution in [0.1, 0.15) is 11.3 Å². The molecule has 94 valence electrons. The van der Waals surface area contributed by atoms with E-state index in [1.165, 1.54) is 12.1 Å². The summed E-state index contributed by atoms with van der Waals surface area (Å²) in [7, 11) is 0. The highest BCUT2D eigenvalue weighted by Crippen LogP contribution is 2.28. The first-order valence-electron chi connectivity index (χ1n) is 5.28. The van der Waals surface area contributed by atoms with Crippen LogP contribution in [0.25, 0.3) is 0 Å². The number of nitro benzene ring substituents is 1. The van der Waals surface area contributed by atoms with Crippen LogP contribution in [-0.4, -0.2) is 20.2 Å². The lowest BCUT2D eigenvalue weighted by atomic mass is 10.2. The van der Waals surface area contributed by atoms with Crippen LogP contribution in [0.4, 0.5) is 11.4 Å². The molecule has 0 atom stereocenters. The fourth-order valence-corrected chi connectivity index (χ4v) is 1.56. The number of anilines is 1. The van der Waals surface area contributed by atoms with Crippen LogP contribution in [0, 0.1) is 17.0 Å². The summed E-state index contributed by atoms with van der Waals surface area (Å²) in [4.78, 5) is 10.3. The smallest absolute Gasteiger partial charge is 0.296 e. The summed E-state index contributed by atoms with van der Waals surface area (Å²) in [6, 6.07) is 3.99. The van der Waals surface area contributed by atoms with Crippen molar-refractivity contribution >= 4 is 11.4 Å². The molecule has 2 rings (SSSR count). The molecule has 1 aromatic carbocycles. The van der Waals surface area contributed by atoms with Crippen LogP contribution in [0.5, 0.6) is 5.75 Å². The Balaban J connectivity index is 2.19. The zero-order valence-corrected chi connectivity index (χ0v) is 9.67. The largest absolute Gasteiger partial charge is 0.508 e. The summed E-state index contributed by atoms with van der Waals surface area (Å²) in [6.45, 7) is 2.29. The van der Waals surface area contributed by atoms with Gasteiger partial charge in [0.1, 0.15) is 11.4 Å². The van der Waals surface area contributed by atoms with Gasteiger partial charge in [-0.3, -0.25) is 15.2 Å². The average molecular weight is 248 g/mol. The van der Waals surface area contributed by atoms with Crippen molar-refractivity contribution in [2.75, 3.05) is 5.32 Å². The van der Waals surface area contributed by atoms with Crippen molar-refractivity contribution in [2.24, 2.45) is 0 Å². The van der Waals surface area contributed by atoms with E-state index in [-0.39, 0.29) is 11.4 Å². The lowest BCUT2D eigenvalue weighted by Gasteiger charge is -2.06. The van der Waals surface area contributed by atoms with Gasteiger partial charge in [0.25, 0.3) is 5.69 Å². The molecule has 0 fully saturated rings. The number of aryl methyl sites for hydroxylation is 1. The third kappa shape index (κ3) is 2.40. The molecule has 0 saturated heterocycles. The minimum Gasteiger partial charge on any atom is -0.508 e. The molecule has 0 aliphatic carbocycles. The van der Waals surface area contributed by atoms with E-state index >= 15 is 0 Å². The summed E-state index contributed by atoms with van der Waals surface area (Å²) in [5, 5.41) is 29.7. The number of nitrogens with zero attached hydrogens (tertiary/aromatic N) is 2. The van der Waals surface area contributed by atoms with Crippen LogP contribution < -0.4 is 5.32 Å². The predicted molar refractivity (Wildman–Crippen MR) is 65.4 cm³/mol. The molecule has 2 aromatic rings. The van der Waals surface area contributed by atoms with E-state index in [9.17, 15) is 15.2 Å². The van der Waals surface area contributed by atoms with Gasteiger partial charge in [0.05, 0.1) is 17.2 Å². The molecule has 7 heteroatoms. The monoisotopic (exact) mass is 248 g/mol. The number of hydrogen-bond donors (Lipinski definition) is 3. The molecule has 0 amide bonds. The van der Waals surface area contributed by atoms with Crippen molar-refractivity contribution in [1.29, 1.82) is 0 Å². The van der Waals surface area contributed by atoms with E-state index in [1.54, 1.807) is 6.20 Å². The molecular weight excluding hydrogens is 236 g/mol. The van der Waals surface area contributed by atoms with Crippen molar-refractivity contribution in [3.8, 4) is 5.75 Å². The van der Waals surface area contributed by atoms with Crippen LogP contribution in [-0.2, 0) is 6.54 Å². The van der Waals surface area contributed by atoms with Gasteiger partial charge in [0.2, 0.25) is 0 Å². The van der Waals surface area contributed by atoms with Crippen molar-refractivity contribution in [1.82, 2.24) is 10.2 Å². The highest BCUT2D eigenvalue weighted by atomic mass is 16.6. The SMILES string of the molecule is Cc1[nH]ncc1CNc1ccc(O)cc1[N+](=O)[O-]. The third-order valence-corrected chi connectivity index (χ3v) is 2.58. The summed E-state index contributed by atoms with van der Waals surface area (Å²) in [5.41, 5.74) is 2.04. The molecule has 1 heterocycles. The number of phenolic OH excluding ortho intramolecular Hbond substituents is 1.